The highest BCUT2D eigenvalue weighted by Crippen LogP contribution is 2.20. The summed E-state index contributed by atoms with van der Waals surface area (Å²) >= 11 is 0. The van der Waals surface area contributed by atoms with E-state index in [2.05, 4.69) is 5.32 Å². The average Bonchev–Trinajstić information content (AvgIpc) is 2.61. The number of hydrogen-bond acceptors (Lipinski definition) is 5. The molecule has 0 aliphatic rings. The maximum Gasteiger partial charge on any atom is 0.224 e. The summed E-state index contributed by atoms with van der Waals surface area (Å²) in [6, 6.07) is 13.3. The number of ether oxygens (including phenoxy) is 2. The molecule has 0 aromatic heterocycles. The van der Waals surface area contributed by atoms with Crippen molar-refractivity contribution in [1.29, 1.82) is 0 Å². The standard InChI is InChI=1S/C19H21NO5/c1-24-15-7-3-13(4-8-15)11-18(21)20-17(12-19(22)23)14-5-9-16(25-2)10-6-14/h3-10,17H,11-12H2,1-2H3,(H,20,21)(H,22,23)/p-1/t17-/m0/s1. The van der Waals surface area contributed by atoms with Crippen LogP contribution in [0.4, 0.5) is 0 Å². The molecule has 0 saturated heterocycles. The Kier molecular flexibility index (Phi) is 6.39. The molecular formula is C19H20NO5-. The van der Waals surface area contributed by atoms with Crippen molar-refractivity contribution < 1.29 is 24.2 Å². The lowest BCUT2D eigenvalue weighted by atomic mass is 10.0. The summed E-state index contributed by atoms with van der Waals surface area (Å²) in [6.45, 7) is 0. The molecule has 0 heterocycles. The Balaban J connectivity index is 2.06. The Bertz CT molecular complexity index is 710. The van der Waals surface area contributed by atoms with Crippen LogP contribution in [0.25, 0.3) is 0 Å². The van der Waals surface area contributed by atoms with Gasteiger partial charge >= 0.3 is 0 Å². The summed E-state index contributed by atoms with van der Waals surface area (Å²) in [4.78, 5) is 23.3. The first kappa shape index (κ1) is 18.3. The van der Waals surface area contributed by atoms with Crippen molar-refractivity contribution in [1.82, 2.24) is 5.32 Å². The highest BCUT2D eigenvalue weighted by Gasteiger charge is 2.15. The molecule has 0 spiro atoms. The van der Waals surface area contributed by atoms with Gasteiger partial charge in [0, 0.05) is 12.4 Å². The van der Waals surface area contributed by atoms with E-state index in [0.29, 0.717) is 17.1 Å². The minimum absolute atomic E-state index is 0.143. The van der Waals surface area contributed by atoms with Gasteiger partial charge in [0.2, 0.25) is 5.91 Å². The van der Waals surface area contributed by atoms with Gasteiger partial charge in [0.15, 0.2) is 0 Å². The van der Waals surface area contributed by atoms with E-state index >= 15 is 0 Å². The van der Waals surface area contributed by atoms with Crippen LogP contribution < -0.4 is 19.9 Å². The number of aliphatic carboxylic acids is 1. The molecule has 1 atom stereocenters. The molecule has 0 saturated carbocycles. The average molecular weight is 342 g/mol. The van der Waals surface area contributed by atoms with E-state index in [0.717, 1.165) is 5.56 Å². The van der Waals surface area contributed by atoms with E-state index in [1.807, 2.05) is 0 Å². The van der Waals surface area contributed by atoms with E-state index in [1.165, 1.54) is 0 Å². The monoisotopic (exact) mass is 342 g/mol. The quantitative estimate of drug-likeness (QED) is 0.780. The fourth-order valence-electron chi connectivity index (χ4n) is 2.43. The SMILES string of the molecule is COc1ccc(CC(=O)N[C@@H](CC(=O)[O-])c2ccc(OC)cc2)cc1. The molecule has 0 fully saturated rings. The van der Waals surface area contributed by atoms with Gasteiger partial charge in [-0.2, -0.15) is 0 Å². The Morgan fingerprint density at radius 2 is 1.48 bits per heavy atom. The summed E-state index contributed by atoms with van der Waals surface area (Å²) in [6.07, 6.45) is -0.162. The number of carbonyl (C=O) groups is 2. The van der Waals surface area contributed by atoms with E-state index < -0.39 is 12.0 Å². The predicted molar refractivity (Wildman–Crippen MR) is 90.2 cm³/mol. The third-order valence-electron chi connectivity index (χ3n) is 3.75. The molecule has 0 radical (unpaired) electrons. The first-order chi connectivity index (χ1) is 12.0. The number of amides is 1. The van der Waals surface area contributed by atoms with Crippen LogP contribution in [0.1, 0.15) is 23.6 Å². The van der Waals surface area contributed by atoms with Crippen LogP contribution in [0, 0.1) is 0 Å². The van der Waals surface area contributed by atoms with Gasteiger partial charge in [-0.25, -0.2) is 0 Å². The Labute approximate surface area is 146 Å². The molecule has 0 aliphatic heterocycles. The number of methoxy groups -OCH3 is 2. The highest BCUT2D eigenvalue weighted by atomic mass is 16.5. The van der Waals surface area contributed by atoms with Gasteiger partial charge in [0.25, 0.3) is 0 Å². The molecule has 0 bridgehead atoms. The fourth-order valence-corrected chi connectivity index (χ4v) is 2.43. The molecule has 1 N–H and O–H groups in total. The second-order valence-electron chi connectivity index (χ2n) is 5.49. The topological polar surface area (TPSA) is 87.7 Å². The first-order valence-corrected chi connectivity index (χ1v) is 7.78. The second-order valence-corrected chi connectivity index (χ2v) is 5.49. The van der Waals surface area contributed by atoms with Crippen molar-refractivity contribution in [3.8, 4) is 11.5 Å². The normalized spacial score (nSPS) is 11.4. The molecule has 1 amide bonds. The smallest absolute Gasteiger partial charge is 0.224 e. The number of carboxylic acid groups (broad SMARTS) is 1. The van der Waals surface area contributed by atoms with Crippen LogP contribution in [-0.2, 0) is 16.0 Å². The fraction of sp³-hybridized carbons (Fsp3) is 0.263. The van der Waals surface area contributed by atoms with Gasteiger partial charge in [-0.05, 0) is 35.4 Å². The van der Waals surface area contributed by atoms with Gasteiger partial charge in [-0.1, -0.05) is 24.3 Å². The zero-order valence-corrected chi connectivity index (χ0v) is 14.2. The summed E-state index contributed by atoms with van der Waals surface area (Å²) in [5, 5.41) is 13.8. The third-order valence-corrected chi connectivity index (χ3v) is 3.75. The Hall–Kier alpha value is -3.02. The lowest BCUT2D eigenvalue weighted by molar-refractivity contribution is -0.306. The molecule has 6 nitrogen and oxygen atoms in total. The van der Waals surface area contributed by atoms with E-state index in [9.17, 15) is 14.7 Å². The summed E-state index contributed by atoms with van der Waals surface area (Å²) < 4.78 is 10.2. The molecule has 2 aromatic rings. The minimum atomic E-state index is -1.23. The van der Waals surface area contributed by atoms with Crippen molar-refractivity contribution >= 4 is 11.9 Å². The molecule has 2 rings (SSSR count). The zero-order chi connectivity index (χ0) is 18.2. The van der Waals surface area contributed by atoms with Crippen molar-refractivity contribution in [3.63, 3.8) is 0 Å². The number of rotatable bonds is 8. The number of carbonyl (C=O) groups excluding carboxylic acids is 2. The maximum absolute atomic E-state index is 12.3. The molecule has 0 aliphatic carbocycles. The van der Waals surface area contributed by atoms with E-state index in [-0.39, 0.29) is 18.7 Å². The van der Waals surface area contributed by atoms with Crippen molar-refractivity contribution in [3.05, 3.63) is 59.7 Å². The Morgan fingerprint density at radius 1 is 0.960 bits per heavy atom. The van der Waals surface area contributed by atoms with Crippen molar-refractivity contribution in [2.24, 2.45) is 0 Å². The van der Waals surface area contributed by atoms with Crippen LogP contribution in [0.15, 0.2) is 48.5 Å². The van der Waals surface area contributed by atoms with Crippen LogP contribution in [0.2, 0.25) is 0 Å². The van der Waals surface area contributed by atoms with Crippen LogP contribution in [0.3, 0.4) is 0 Å². The van der Waals surface area contributed by atoms with Crippen molar-refractivity contribution in [2.75, 3.05) is 14.2 Å². The van der Waals surface area contributed by atoms with Gasteiger partial charge in [0.05, 0.1) is 26.7 Å². The summed E-state index contributed by atoms with van der Waals surface area (Å²) in [5.41, 5.74) is 1.48. The minimum Gasteiger partial charge on any atom is -0.550 e. The van der Waals surface area contributed by atoms with Gasteiger partial charge < -0.3 is 24.7 Å². The Morgan fingerprint density at radius 3 is 1.96 bits per heavy atom. The lowest BCUT2D eigenvalue weighted by Gasteiger charge is -2.20. The lowest BCUT2D eigenvalue weighted by Crippen LogP contribution is -2.35. The number of benzene rings is 2. The van der Waals surface area contributed by atoms with Gasteiger partial charge in [-0.3, -0.25) is 4.79 Å². The molecule has 132 valence electrons. The molecule has 25 heavy (non-hydrogen) atoms. The number of hydrogen-bond donors (Lipinski definition) is 1. The summed E-state index contributed by atoms with van der Waals surface area (Å²) in [7, 11) is 3.12. The third kappa shape index (κ3) is 5.53. The summed E-state index contributed by atoms with van der Waals surface area (Å²) in [5.74, 6) is -0.143. The second kappa shape index (κ2) is 8.73. The molecule has 2 aromatic carbocycles. The first-order valence-electron chi connectivity index (χ1n) is 7.78. The molecule has 6 heteroatoms. The predicted octanol–water partition coefficient (Wildman–Crippen LogP) is 1.24. The van der Waals surface area contributed by atoms with Crippen molar-refractivity contribution in [2.45, 2.75) is 18.9 Å². The van der Waals surface area contributed by atoms with Gasteiger partial charge in [0.1, 0.15) is 11.5 Å². The largest absolute Gasteiger partial charge is 0.550 e. The molecular weight excluding hydrogens is 322 g/mol. The number of carboxylic acids is 1. The van der Waals surface area contributed by atoms with Crippen LogP contribution >= 0.6 is 0 Å². The maximum atomic E-state index is 12.3. The van der Waals surface area contributed by atoms with Crippen LogP contribution in [-0.4, -0.2) is 26.1 Å². The van der Waals surface area contributed by atoms with E-state index in [4.69, 9.17) is 9.47 Å². The highest BCUT2D eigenvalue weighted by molar-refractivity contribution is 5.79. The number of nitrogens with one attached hydrogen (secondary N) is 1. The molecule has 0 unspecified atom stereocenters. The zero-order valence-electron chi connectivity index (χ0n) is 14.2. The van der Waals surface area contributed by atoms with E-state index in [1.54, 1.807) is 62.8 Å². The van der Waals surface area contributed by atoms with Crippen LogP contribution in [0.5, 0.6) is 11.5 Å². The van der Waals surface area contributed by atoms with Gasteiger partial charge in [-0.15, -0.1) is 0 Å².